The molecule has 0 aliphatic carbocycles. The summed E-state index contributed by atoms with van der Waals surface area (Å²) in [5.41, 5.74) is 0.344. The van der Waals surface area contributed by atoms with Crippen LogP contribution in [0.3, 0.4) is 0 Å². The van der Waals surface area contributed by atoms with Crippen LogP contribution in [0.15, 0.2) is 42.5 Å². The average molecular weight is 458 g/mol. The Bertz CT molecular complexity index is 824. The first-order chi connectivity index (χ1) is 12.1. The zero-order chi connectivity index (χ0) is 19.5. The van der Waals surface area contributed by atoms with Crippen LogP contribution in [0.5, 0.6) is 0 Å². The van der Waals surface area contributed by atoms with Crippen LogP contribution < -0.4 is 10.6 Å². The Morgan fingerprint density at radius 2 is 1.69 bits per heavy atom. The summed E-state index contributed by atoms with van der Waals surface area (Å²) in [7, 11) is 0. The molecule has 11 heteroatoms. The number of benzene rings is 2. The molecule has 2 rings (SSSR count). The molecule has 0 saturated heterocycles. The first-order valence-electron chi connectivity index (χ1n) is 6.91. The van der Waals surface area contributed by atoms with E-state index in [1.165, 1.54) is 30.3 Å². The minimum atomic E-state index is -1.93. The lowest BCUT2D eigenvalue weighted by Crippen LogP contribution is -2.49. The second kappa shape index (κ2) is 8.50. The fraction of sp³-hybridized carbons (Fsp3) is 0.133. The molecular weight excluding hydrogens is 447 g/mol. The summed E-state index contributed by atoms with van der Waals surface area (Å²) < 4.78 is -1.93. The lowest BCUT2D eigenvalue weighted by molar-refractivity contribution is -0.384. The number of nitrogens with zero attached hydrogens (tertiary/aromatic N) is 1. The van der Waals surface area contributed by atoms with E-state index in [1.54, 1.807) is 12.1 Å². The molecule has 0 radical (unpaired) electrons. The van der Waals surface area contributed by atoms with Gasteiger partial charge in [-0.25, -0.2) is 0 Å². The predicted octanol–water partition coefficient (Wildman–Crippen LogP) is 5.44. The molecule has 0 saturated carbocycles. The van der Waals surface area contributed by atoms with Gasteiger partial charge in [0.1, 0.15) is 6.17 Å². The quantitative estimate of drug-likeness (QED) is 0.271. The number of carbonyl (C=O) groups excluding carboxylic acids is 1. The van der Waals surface area contributed by atoms with Gasteiger partial charge in [0.2, 0.25) is 3.79 Å². The Kier molecular flexibility index (Phi) is 6.82. The van der Waals surface area contributed by atoms with Gasteiger partial charge in [-0.05, 0) is 30.3 Å². The van der Waals surface area contributed by atoms with E-state index in [0.717, 1.165) is 0 Å². The second-order valence-corrected chi connectivity index (χ2v) is 8.23. The smallest absolute Gasteiger partial charge is 0.269 e. The number of rotatable bonds is 5. The van der Waals surface area contributed by atoms with Crippen molar-refractivity contribution in [2.45, 2.75) is 9.96 Å². The Labute approximate surface area is 173 Å². The van der Waals surface area contributed by atoms with E-state index in [0.29, 0.717) is 15.7 Å². The van der Waals surface area contributed by atoms with Gasteiger partial charge in [0.25, 0.3) is 11.6 Å². The third kappa shape index (κ3) is 5.53. The van der Waals surface area contributed by atoms with Gasteiger partial charge in [-0.2, -0.15) is 0 Å². The number of non-ortho nitro benzene ring substituents is 1. The molecule has 26 heavy (non-hydrogen) atoms. The summed E-state index contributed by atoms with van der Waals surface area (Å²) >= 11 is 29.8. The highest BCUT2D eigenvalue weighted by Crippen LogP contribution is 2.34. The number of amides is 1. The minimum absolute atomic E-state index is 0.147. The predicted molar refractivity (Wildman–Crippen MR) is 105 cm³/mol. The maximum atomic E-state index is 12.4. The standard InChI is InChI=1S/C15H10Cl5N3O3/c16-9-3-6-11(17)12(7-9)21-14(15(18,19)20)22-13(24)8-1-4-10(5-2-8)23(25)26/h1-7,14,21H,(H,22,24)/t14-/m0/s1. The van der Waals surface area contributed by atoms with Crippen LogP contribution in [0, 0.1) is 10.1 Å². The van der Waals surface area contributed by atoms with Crippen LogP contribution in [0.2, 0.25) is 10.0 Å². The van der Waals surface area contributed by atoms with Crippen molar-refractivity contribution < 1.29 is 9.72 Å². The van der Waals surface area contributed by atoms with E-state index in [4.69, 9.17) is 58.0 Å². The Hall–Kier alpha value is -1.44. The van der Waals surface area contributed by atoms with Gasteiger partial charge in [0, 0.05) is 22.7 Å². The monoisotopic (exact) mass is 455 g/mol. The van der Waals surface area contributed by atoms with E-state index in [1.807, 2.05) is 0 Å². The zero-order valence-electron chi connectivity index (χ0n) is 12.7. The third-order valence-electron chi connectivity index (χ3n) is 3.17. The second-order valence-electron chi connectivity index (χ2n) is 5.02. The summed E-state index contributed by atoms with van der Waals surface area (Å²) in [4.78, 5) is 22.5. The molecule has 138 valence electrons. The largest absolute Gasteiger partial charge is 0.361 e. The number of halogens is 5. The molecule has 2 N–H and O–H groups in total. The van der Waals surface area contributed by atoms with Gasteiger partial charge >= 0.3 is 0 Å². The van der Waals surface area contributed by atoms with Gasteiger partial charge < -0.3 is 10.6 Å². The van der Waals surface area contributed by atoms with Crippen LogP contribution in [0.4, 0.5) is 11.4 Å². The molecule has 2 aromatic carbocycles. The first kappa shape index (κ1) is 20.9. The van der Waals surface area contributed by atoms with Crippen LogP contribution >= 0.6 is 58.0 Å². The molecule has 0 unspecified atom stereocenters. The van der Waals surface area contributed by atoms with Gasteiger partial charge in [0.15, 0.2) is 0 Å². The molecular formula is C15H10Cl5N3O3. The lowest BCUT2D eigenvalue weighted by Gasteiger charge is -2.28. The Morgan fingerprint density at radius 3 is 2.23 bits per heavy atom. The molecule has 6 nitrogen and oxygen atoms in total. The number of hydrogen-bond donors (Lipinski definition) is 2. The highest BCUT2D eigenvalue weighted by Gasteiger charge is 2.34. The number of anilines is 1. The zero-order valence-corrected chi connectivity index (χ0v) is 16.5. The molecule has 0 aromatic heterocycles. The van der Waals surface area contributed by atoms with Crippen LogP contribution in [0.25, 0.3) is 0 Å². The molecule has 0 heterocycles. The maximum Gasteiger partial charge on any atom is 0.269 e. The first-order valence-corrected chi connectivity index (χ1v) is 8.80. The Balaban J connectivity index is 2.21. The summed E-state index contributed by atoms with van der Waals surface area (Å²) in [5.74, 6) is -0.609. The van der Waals surface area contributed by atoms with E-state index < -0.39 is 20.8 Å². The van der Waals surface area contributed by atoms with Crippen LogP contribution in [0.1, 0.15) is 10.4 Å². The van der Waals surface area contributed by atoms with Crippen molar-refractivity contribution in [2.75, 3.05) is 5.32 Å². The molecule has 0 spiro atoms. The highest BCUT2D eigenvalue weighted by molar-refractivity contribution is 6.68. The van der Waals surface area contributed by atoms with Crippen molar-refractivity contribution in [3.05, 3.63) is 68.2 Å². The van der Waals surface area contributed by atoms with E-state index in [-0.39, 0.29) is 11.3 Å². The fourth-order valence-electron chi connectivity index (χ4n) is 1.91. The van der Waals surface area contributed by atoms with E-state index >= 15 is 0 Å². The number of nitro benzene ring substituents is 1. The van der Waals surface area contributed by atoms with Crippen molar-refractivity contribution >= 4 is 75.3 Å². The molecule has 1 amide bonds. The summed E-state index contributed by atoms with van der Waals surface area (Å²) in [6.07, 6.45) is -1.16. The van der Waals surface area contributed by atoms with Crippen molar-refractivity contribution in [3.63, 3.8) is 0 Å². The normalized spacial score (nSPS) is 12.3. The number of nitro groups is 1. The van der Waals surface area contributed by atoms with Crippen molar-refractivity contribution in [1.82, 2.24) is 5.32 Å². The van der Waals surface area contributed by atoms with Gasteiger partial charge in [-0.1, -0.05) is 58.0 Å². The Morgan fingerprint density at radius 1 is 1.08 bits per heavy atom. The van der Waals surface area contributed by atoms with Gasteiger partial charge in [0.05, 0.1) is 15.6 Å². The third-order valence-corrected chi connectivity index (χ3v) is 4.39. The van der Waals surface area contributed by atoms with Crippen LogP contribution in [-0.2, 0) is 0 Å². The number of carbonyl (C=O) groups is 1. The summed E-state index contributed by atoms with van der Waals surface area (Å²) in [6.45, 7) is 0. The van der Waals surface area contributed by atoms with Crippen LogP contribution in [-0.4, -0.2) is 20.8 Å². The molecule has 0 aliphatic heterocycles. The van der Waals surface area contributed by atoms with Crippen molar-refractivity contribution in [2.24, 2.45) is 0 Å². The molecule has 1 atom stereocenters. The SMILES string of the molecule is O=C(N[C@H](Nc1cc(Cl)ccc1Cl)C(Cl)(Cl)Cl)c1ccc([N+](=O)[O-])cc1. The number of hydrogen-bond acceptors (Lipinski definition) is 4. The van der Waals surface area contributed by atoms with E-state index in [2.05, 4.69) is 10.6 Å². The topological polar surface area (TPSA) is 84.3 Å². The fourth-order valence-corrected chi connectivity index (χ4v) is 2.58. The molecule has 0 bridgehead atoms. The number of alkyl halides is 3. The summed E-state index contributed by atoms with van der Waals surface area (Å²) in [6, 6.07) is 9.59. The highest BCUT2D eigenvalue weighted by atomic mass is 35.6. The van der Waals surface area contributed by atoms with E-state index in [9.17, 15) is 14.9 Å². The van der Waals surface area contributed by atoms with Gasteiger partial charge in [-0.3, -0.25) is 14.9 Å². The molecule has 2 aromatic rings. The molecule has 0 fully saturated rings. The molecule has 0 aliphatic rings. The van der Waals surface area contributed by atoms with Crippen molar-refractivity contribution in [1.29, 1.82) is 0 Å². The van der Waals surface area contributed by atoms with Crippen molar-refractivity contribution in [3.8, 4) is 0 Å². The summed E-state index contributed by atoms with van der Waals surface area (Å²) in [5, 5.41) is 16.7. The van der Waals surface area contributed by atoms with Gasteiger partial charge in [-0.15, -0.1) is 0 Å². The maximum absolute atomic E-state index is 12.4. The lowest BCUT2D eigenvalue weighted by atomic mass is 10.2. The minimum Gasteiger partial charge on any atom is -0.361 e. The number of nitrogens with one attached hydrogen (secondary N) is 2. The average Bonchev–Trinajstić information content (AvgIpc) is 2.56.